The molecule has 0 unspecified atom stereocenters. The maximum Gasteiger partial charge on any atom is 0.323 e. The van der Waals surface area contributed by atoms with Gasteiger partial charge in [-0.05, 0) is 23.8 Å². The Labute approximate surface area is 130 Å². The van der Waals surface area contributed by atoms with Crippen LogP contribution in [-0.4, -0.2) is 40.9 Å². The van der Waals surface area contributed by atoms with Gasteiger partial charge in [-0.1, -0.05) is 29.3 Å². The summed E-state index contributed by atoms with van der Waals surface area (Å²) in [4.78, 5) is 34.1. The van der Waals surface area contributed by atoms with Crippen LogP contribution in [0.25, 0.3) is 6.08 Å². The van der Waals surface area contributed by atoms with E-state index in [0.29, 0.717) is 15.6 Å². The molecule has 0 aliphatic carbocycles. The van der Waals surface area contributed by atoms with Gasteiger partial charge in [0.2, 0.25) is 11.8 Å². The lowest BCUT2D eigenvalue weighted by molar-refractivity contribution is -0.143. The zero-order chi connectivity index (χ0) is 16.0. The summed E-state index contributed by atoms with van der Waals surface area (Å²) >= 11 is 11.6. The van der Waals surface area contributed by atoms with Crippen molar-refractivity contribution in [2.45, 2.75) is 0 Å². The number of halogens is 2. The van der Waals surface area contributed by atoms with E-state index in [2.05, 4.69) is 0 Å². The first kappa shape index (κ1) is 17.0. The highest BCUT2D eigenvalue weighted by Crippen LogP contribution is 2.23. The lowest BCUT2D eigenvalue weighted by atomic mass is 10.2. The number of carboxylic acid groups (broad SMARTS) is 1. The third-order valence-electron chi connectivity index (χ3n) is 2.35. The molecule has 0 atom stereocenters. The highest BCUT2D eigenvalue weighted by atomic mass is 35.5. The van der Waals surface area contributed by atoms with Gasteiger partial charge in [-0.25, -0.2) is 0 Å². The summed E-state index contributed by atoms with van der Waals surface area (Å²) < 4.78 is 0. The van der Waals surface area contributed by atoms with E-state index in [0.717, 1.165) is 11.0 Å². The summed E-state index contributed by atoms with van der Waals surface area (Å²) in [5.41, 5.74) is 5.57. The number of hydrogen-bond donors (Lipinski definition) is 2. The van der Waals surface area contributed by atoms with Gasteiger partial charge in [-0.2, -0.15) is 0 Å². The Morgan fingerprint density at radius 2 is 1.86 bits per heavy atom. The van der Waals surface area contributed by atoms with Crippen LogP contribution in [0.2, 0.25) is 10.0 Å². The Morgan fingerprint density at radius 1 is 1.19 bits per heavy atom. The fourth-order valence-corrected chi connectivity index (χ4v) is 1.76. The van der Waals surface area contributed by atoms with E-state index in [1.54, 1.807) is 18.2 Å². The zero-order valence-corrected chi connectivity index (χ0v) is 12.3. The summed E-state index contributed by atoms with van der Waals surface area (Å²) in [5, 5.41) is 9.40. The van der Waals surface area contributed by atoms with Crippen LogP contribution in [0.15, 0.2) is 24.3 Å². The highest BCUT2D eigenvalue weighted by molar-refractivity contribution is 6.42. The van der Waals surface area contributed by atoms with Crippen LogP contribution >= 0.6 is 23.2 Å². The minimum absolute atomic E-state index is 0.325. The van der Waals surface area contributed by atoms with E-state index in [9.17, 15) is 14.4 Å². The molecule has 0 aromatic heterocycles. The Bertz CT molecular complexity index is 586. The average molecular weight is 331 g/mol. The Hall–Kier alpha value is -2.05. The van der Waals surface area contributed by atoms with Crippen molar-refractivity contribution in [3.05, 3.63) is 39.9 Å². The minimum atomic E-state index is -1.24. The number of nitrogens with zero attached hydrogens (tertiary/aromatic N) is 1. The molecule has 8 heteroatoms. The van der Waals surface area contributed by atoms with Crippen LogP contribution in [0, 0.1) is 0 Å². The van der Waals surface area contributed by atoms with Crippen molar-refractivity contribution in [2.75, 3.05) is 13.1 Å². The molecule has 1 rings (SSSR count). The number of nitrogens with two attached hydrogens (primary N) is 1. The molecule has 2 amide bonds. The van der Waals surface area contributed by atoms with Crippen molar-refractivity contribution in [2.24, 2.45) is 5.73 Å². The second-order valence-corrected chi connectivity index (χ2v) is 4.88. The van der Waals surface area contributed by atoms with Crippen LogP contribution in [0.4, 0.5) is 0 Å². The SMILES string of the molecule is NC(=O)CN(CC(=O)O)C(=O)/C=C/c1ccc(Cl)c(Cl)c1. The van der Waals surface area contributed by atoms with Crippen molar-refractivity contribution in [1.82, 2.24) is 4.90 Å². The third kappa shape index (κ3) is 5.85. The quantitative estimate of drug-likeness (QED) is 0.770. The van der Waals surface area contributed by atoms with E-state index in [4.69, 9.17) is 34.0 Å². The molecule has 0 bridgehead atoms. The van der Waals surface area contributed by atoms with Gasteiger partial charge in [-0.15, -0.1) is 0 Å². The second-order valence-electron chi connectivity index (χ2n) is 4.06. The molecule has 1 aromatic rings. The average Bonchev–Trinajstić information content (AvgIpc) is 2.38. The van der Waals surface area contributed by atoms with Crippen LogP contribution in [0.5, 0.6) is 0 Å². The first-order chi connectivity index (χ1) is 9.79. The molecule has 112 valence electrons. The van der Waals surface area contributed by atoms with Crippen LogP contribution < -0.4 is 5.73 Å². The standard InChI is InChI=1S/C13H12Cl2N2O4/c14-9-3-1-8(5-10(9)15)2-4-12(19)17(6-11(16)18)7-13(20)21/h1-5H,6-7H2,(H2,16,18)(H,20,21)/b4-2+. The third-order valence-corrected chi connectivity index (χ3v) is 3.09. The fourth-order valence-electron chi connectivity index (χ4n) is 1.45. The molecular weight excluding hydrogens is 319 g/mol. The number of aliphatic carboxylic acids is 1. The fraction of sp³-hybridized carbons (Fsp3) is 0.154. The molecule has 3 N–H and O–H groups in total. The van der Waals surface area contributed by atoms with Gasteiger partial charge in [0.25, 0.3) is 0 Å². The summed E-state index contributed by atoms with van der Waals surface area (Å²) in [6, 6.07) is 4.74. The second kappa shape index (κ2) is 7.66. The van der Waals surface area contributed by atoms with Crippen LogP contribution in [0.3, 0.4) is 0 Å². The molecule has 0 saturated heterocycles. The summed E-state index contributed by atoms with van der Waals surface area (Å²) in [5.74, 6) is -2.69. The maximum atomic E-state index is 11.8. The molecule has 0 saturated carbocycles. The van der Waals surface area contributed by atoms with Crippen molar-refractivity contribution in [1.29, 1.82) is 0 Å². The molecule has 21 heavy (non-hydrogen) atoms. The minimum Gasteiger partial charge on any atom is -0.480 e. The van der Waals surface area contributed by atoms with E-state index in [-0.39, 0.29) is 0 Å². The van der Waals surface area contributed by atoms with Crippen molar-refractivity contribution >= 4 is 47.1 Å². The predicted octanol–water partition coefficient (Wildman–Crippen LogP) is 1.41. The number of primary amides is 1. The Balaban J connectivity index is 2.83. The highest BCUT2D eigenvalue weighted by Gasteiger charge is 2.16. The molecule has 0 aliphatic rings. The monoisotopic (exact) mass is 330 g/mol. The Kier molecular flexibility index (Phi) is 6.20. The summed E-state index contributed by atoms with van der Waals surface area (Å²) in [6.07, 6.45) is 2.56. The van der Waals surface area contributed by atoms with Gasteiger partial charge in [0.1, 0.15) is 13.1 Å². The van der Waals surface area contributed by atoms with E-state index in [1.807, 2.05) is 0 Å². The molecule has 0 spiro atoms. The predicted molar refractivity (Wildman–Crippen MR) is 78.9 cm³/mol. The number of carbonyl (C=O) groups excluding carboxylic acids is 2. The lowest BCUT2D eigenvalue weighted by Crippen LogP contribution is -2.40. The first-order valence-corrected chi connectivity index (χ1v) is 6.47. The summed E-state index contributed by atoms with van der Waals surface area (Å²) in [6.45, 7) is -1.09. The van der Waals surface area contributed by atoms with E-state index in [1.165, 1.54) is 6.08 Å². The number of carboxylic acids is 1. The van der Waals surface area contributed by atoms with Crippen molar-refractivity contribution in [3.63, 3.8) is 0 Å². The normalized spacial score (nSPS) is 10.6. The number of amides is 2. The van der Waals surface area contributed by atoms with Crippen LogP contribution in [-0.2, 0) is 14.4 Å². The molecule has 1 aromatic carbocycles. The molecule has 6 nitrogen and oxygen atoms in total. The molecule has 0 aliphatic heterocycles. The largest absolute Gasteiger partial charge is 0.480 e. The van der Waals surface area contributed by atoms with Gasteiger partial charge in [0.15, 0.2) is 0 Å². The Morgan fingerprint density at radius 3 is 2.38 bits per heavy atom. The van der Waals surface area contributed by atoms with Gasteiger partial charge < -0.3 is 15.7 Å². The number of benzene rings is 1. The first-order valence-electron chi connectivity index (χ1n) is 5.71. The molecule has 0 fully saturated rings. The summed E-state index contributed by atoms with van der Waals surface area (Å²) in [7, 11) is 0. The lowest BCUT2D eigenvalue weighted by Gasteiger charge is -2.16. The van der Waals surface area contributed by atoms with Crippen LogP contribution in [0.1, 0.15) is 5.56 Å². The number of hydrogen-bond acceptors (Lipinski definition) is 3. The number of rotatable bonds is 6. The van der Waals surface area contributed by atoms with E-state index < -0.39 is 30.9 Å². The van der Waals surface area contributed by atoms with Gasteiger partial charge in [-0.3, -0.25) is 14.4 Å². The molecule has 0 radical (unpaired) electrons. The molecule has 0 heterocycles. The van der Waals surface area contributed by atoms with Gasteiger partial charge in [0.05, 0.1) is 10.0 Å². The number of carbonyl (C=O) groups is 3. The van der Waals surface area contributed by atoms with Crippen molar-refractivity contribution in [3.8, 4) is 0 Å². The van der Waals surface area contributed by atoms with Gasteiger partial charge in [0, 0.05) is 6.08 Å². The van der Waals surface area contributed by atoms with Gasteiger partial charge >= 0.3 is 5.97 Å². The zero-order valence-electron chi connectivity index (χ0n) is 10.8. The van der Waals surface area contributed by atoms with Crippen molar-refractivity contribution < 1.29 is 19.5 Å². The molecular formula is C13H12Cl2N2O4. The smallest absolute Gasteiger partial charge is 0.323 e. The topological polar surface area (TPSA) is 101 Å². The van der Waals surface area contributed by atoms with E-state index >= 15 is 0 Å². The maximum absolute atomic E-state index is 11.8.